The smallest absolute Gasteiger partial charge is 0.408 e. The lowest BCUT2D eigenvalue weighted by Crippen LogP contribution is -2.46. The maximum absolute atomic E-state index is 12.6. The van der Waals surface area contributed by atoms with Crippen molar-refractivity contribution < 1.29 is 19.0 Å². The van der Waals surface area contributed by atoms with Gasteiger partial charge >= 0.3 is 6.09 Å². The van der Waals surface area contributed by atoms with Gasteiger partial charge in [0.15, 0.2) is 0 Å². The lowest BCUT2D eigenvalue weighted by molar-refractivity contribution is -0.0291. The first-order valence-electron chi connectivity index (χ1n) is 11.7. The number of rotatable bonds is 11. The van der Waals surface area contributed by atoms with Gasteiger partial charge in [-0.05, 0) is 37.5 Å². The van der Waals surface area contributed by atoms with Gasteiger partial charge in [0, 0.05) is 4.43 Å². The quantitative estimate of drug-likeness (QED) is 0.206. The first-order valence-corrected chi connectivity index (χ1v) is 13.3. The van der Waals surface area contributed by atoms with Crippen molar-refractivity contribution in [1.29, 1.82) is 0 Å². The molecule has 0 saturated heterocycles. The highest BCUT2D eigenvalue weighted by Gasteiger charge is 2.35. The van der Waals surface area contributed by atoms with E-state index in [-0.39, 0.29) is 13.2 Å². The summed E-state index contributed by atoms with van der Waals surface area (Å²) >= 11 is 2.37. The van der Waals surface area contributed by atoms with E-state index in [2.05, 4.69) is 52.2 Å². The van der Waals surface area contributed by atoms with Crippen LogP contribution in [-0.2, 0) is 26.4 Å². The average Bonchev–Trinajstić information content (AvgIpc) is 2.85. The fraction of sp³-hybridized carbons (Fsp3) is 0.345. The molecule has 1 amide bonds. The summed E-state index contributed by atoms with van der Waals surface area (Å²) in [5.74, 6) is 0. The highest BCUT2D eigenvalue weighted by Crippen LogP contribution is 2.36. The normalized spacial score (nSPS) is 12.7. The van der Waals surface area contributed by atoms with E-state index in [1.165, 1.54) is 0 Å². The molecule has 186 valence electrons. The molecular weight excluding hydrogens is 553 g/mol. The van der Waals surface area contributed by atoms with E-state index in [4.69, 9.17) is 14.2 Å². The molecule has 0 radical (unpaired) electrons. The van der Waals surface area contributed by atoms with Crippen LogP contribution >= 0.6 is 22.6 Å². The summed E-state index contributed by atoms with van der Waals surface area (Å²) < 4.78 is 18.9. The number of alkyl halides is 1. The Morgan fingerprint density at radius 2 is 1.34 bits per heavy atom. The number of hydrogen-bond acceptors (Lipinski definition) is 4. The zero-order valence-electron chi connectivity index (χ0n) is 20.6. The average molecular weight is 587 g/mol. The zero-order chi connectivity index (χ0) is 25.2. The topological polar surface area (TPSA) is 56.8 Å². The largest absolute Gasteiger partial charge is 0.444 e. The van der Waals surface area contributed by atoms with Crippen molar-refractivity contribution in [1.82, 2.24) is 5.32 Å². The fourth-order valence-corrected chi connectivity index (χ4v) is 4.78. The van der Waals surface area contributed by atoms with E-state index in [1.54, 1.807) is 0 Å². The molecule has 0 spiro atoms. The Kier molecular flexibility index (Phi) is 10.1. The van der Waals surface area contributed by atoms with Crippen molar-refractivity contribution in [2.75, 3.05) is 17.6 Å². The Hall–Kier alpha value is -2.42. The number of carbonyl (C=O) groups is 1. The number of amides is 1. The standard InChI is InChI=1S/C29H34INO4/c1-28(2,3)35-27(32)31-26(20-33-19-23-13-7-4-8-14-23)21-34-29(22-30,24-15-9-5-10-16-24)25-17-11-6-12-18-25/h4-18,26H,19-22H2,1-3H3,(H,31,32)/t26-/m0/s1. The molecule has 0 saturated carbocycles. The molecule has 0 aliphatic heterocycles. The third kappa shape index (κ3) is 8.33. The molecule has 6 heteroatoms. The molecule has 3 aromatic rings. The minimum atomic E-state index is -0.670. The second-order valence-electron chi connectivity index (χ2n) is 9.35. The van der Waals surface area contributed by atoms with Crippen LogP contribution in [0.5, 0.6) is 0 Å². The fourth-order valence-electron chi connectivity index (χ4n) is 3.68. The second-order valence-corrected chi connectivity index (χ2v) is 10.1. The van der Waals surface area contributed by atoms with Gasteiger partial charge in [-0.1, -0.05) is 114 Å². The maximum Gasteiger partial charge on any atom is 0.408 e. The Balaban J connectivity index is 1.79. The molecule has 3 rings (SSSR count). The van der Waals surface area contributed by atoms with Crippen molar-refractivity contribution >= 4 is 28.7 Å². The predicted octanol–water partition coefficient (Wildman–Crippen LogP) is 6.49. The van der Waals surface area contributed by atoms with Crippen molar-refractivity contribution in [3.8, 4) is 0 Å². The van der Waals surface area contributed by atoms with Gasteiger partial charge in [-0.3, -0.25) is 0 Å². The van der Waals surface area contributed by atoms with E-state index in [9.17, 15) is 4.79 Å². The number of benzene rings is 3. The minimum Gasteiger partial charge on any atom is -0.444 e. The maximum atomic E-state index is 12.6. The highest BCUT2D eigenvalue weighted by molar-refractivity contribution is 14.1. The number of nitrogens with one attached hydrogen (secondary N) is 1. The van der Waals surface area contributed by atoms with E-state index in [0.717, 1.165) is 16.7 Å². The highest BCUT2D eigenvalue weighted by atomic mass is 127. The predicted molar refractivity (Wildman–Crippen MR) is 148 cm³/mol. The van der Waals surface area contributed by atoms with E-state index < -0.39 is 23.3 Å². The molecular formula is C29H34INO4. The summed E-state index contributed by atoms with van der Waals surface area (Å²) in [6, 6.07) is 29.9. The van der Waals surface area contributed by atoms with Crippen LogP contribution in [0.3, 0.4) is 0 Å². The summed E-state index contributed by atoms with van der Waals surface area (Å²) in [4.78, 5) is 12.6. The number of hydrogen-bond donors (Lipinski definition) is 1. The molecule has 0 unspecified atom stereocenters. The number of carbonyl (C=O) groups excluding carboxylic acids is 1. The van der Waals surface area contributed by atoms with E-state index in [1.807, 2.05) is 87.5 Å². The molecule has 0 aliphatic rings. The van der Waals surface area contributed by atoms with Crippen molar-refractivity contribution in [2.24, 2.45) is 0 Å². The van der Waals surface area contributed by atoms with Gasteiger partial charge in [0.05, 0.1) is 25.9 Å². The minimum absolute atomic E-state index is 0.251. The molecule has 5 nitrogen and oxygen atoms in total. The Bertz CT molecular complexity index is 983. The van der Waals surface area contributed by atoms with Gasteiger partial charge in [0.2, 0.25) is 0 Å². The second kappa shape index (κ2) is 13.0. The number of ether oxygens (including phenoxy) is 3. The first kappa shape index (κ1) is 27.2. The molecule has 3 aromatic carbocycles. The number of halogens is 1. The summed E-state index contributed by atoms with van der Waals surface area (Å²) in [5, 5.41) is 2.95. The molecule has 1 N–H and O–H groups in total. The molecule has 0 aliphatic carbocycles. The zero-order valence-corrected chi connectivity index (χ0v) is 22.7. The van der Waals surface area contributed by atoms with Gasteiger partial charge in [-0.25, -0.2) is 4.79 Å². The Labute approximate surface area is 222 Å². The van der Waals surface area contributed by atoms with Crippen LogP contribution < -0.4 is 5.32 Å². The van der Waals surface area contributed by atoms with Crippen LogP contribution in [0.2, 0.25) is 0 Å². The van der Waals surface area contributed by atoms with E-state index in [0.29, 0.717) is 11.0 Å². The molecule has 0 aromatic heterocycles. The third-order valence-corrected chi connectivity index (χ3v) is 6.42. The number of alkyl carbamates (subject to hydrolysis) is 1. The summed E-state index contributed by atoms with van der Waals surface area (Å²) in [6.07, 6.45) is -0.492. The molecule has 0 heterocycles. The summed E-state index contributed by atoms with van der Waals surface area (Å²) in [7, 11) is 0. The monoisotopic (exact) mass is 587 g/mol. The lowest BCUT2D eigenvalue weighted by atomic mass is 9.88. The van der Waals surface area contributed by atoms with Crippen LogP contribution in [0.4, 0.5) is 4.79 Å². The van der Waals surface area contributed by atoms with Crippen LogP contribution in [0.25, 0.3) is 0 Å². The van der Waals surface area contributed by atoms with Crippen molar-refractivity contribution in [2.45, 2.75) is 44.6 Å². The van der Waals surface area contributed by atoms with Gasteiger partial charge in [0.1, 0.15) is 11.2 Å². The Morgan fingerprint density at radius 3 is 1.83 bits per heavy atom. The Morgan fingerprint density at radius 1 is 0.829 bits per heavy atom. The van der Waals surface area contributed by atoms with Crippen LogP contribution in [-0.4, -0.2) is 35.4 Å². The molecule has 35 heavy (non-hydrogen) atoms. The van der Waals surface area contributed by atoms with Gasteiger partial charge < -0.3 is 19.5 Å². The van der Waals surface area contributed by atoms with Gasteiger partial charge in [-0.15, -0.1) is 0 Å². The van der Waals surface area contributed by atoms with Gasteiger partial charge in [0.25, 0.3) is 0 Å². The lowest BCUT2D eigenvalue weighted by Gasteiger charge is -2.35. The summed E-state index contributed by atoms with van der Waals surface area (Å²) in [5.41, 5.74) is 1.92. The van der Waals surface area contributed by atoms with Crippen molar-refractivity contribution in [3.05, 3.63) is 108 Å². The molecule has 1 atom stereocenters. The van der Waals surface area contributed by atoms with Gasteiger partial charge in [-0.2, -0.15) is 0 Å². The van der Waals surface area contributed by atoms with Crippen molar-refractivity contribution in [3.63, 3.8) is 0 Å². The summed E-state index contributed by atoms with van der Waals surface area (Å²) in [6.45, 7) is 6.51. The van der Waals surface area contributed by atoms with Crippen LogP contribution in [0, 0.1) is 0 Å². The van der Waals surface area contributed by atoms with E-state index >= 15 is 0 Å². The van der Waals surface area contributed by atoms with Crippen LogP contribution in [0.1, 0.15) is 37.5 Å². The molecule has 0 bridgehead atoms. The van der Waals surface area contributed by atoms with Crippen LogP contribution in [0.15, 0.2) is 91.0 Å². The molecule has 0 fully saturated rings. The SMILES string of the molecule is CC(C)(C)OC(=O)N[C@@H](COCc1ccccc1)COC(CI)(c1ccccc1)c1ccccc1. The first-order chi connectivity index (χ1) is 16.8. The third-order valence-electron chi connectivity index (χ3n) is 5.35.